The maximum atomic E-state index is 13.4. The van der Waals surface area contributed by atoms with Crippen molar-refractivity contribution in [2.45, 2.75) is 32.0 Å². The van der Waals surface area contributed by atoms with E-state index in [-0.39, 0.29) is 29.7 Å². The first-order valence-electron chi connectivity index (χ1n) is 11.8. The molecule has 3 aromatic carbocycles. The number of aryl methyl sites for hydroxylation is 1. The molecule has 0 radical (unpaired) electrons. The summed E-state index contributed by atoms with van der Waals surface area (Å²) in [5, 5.41) is 6.73. The van der Waals surface area contributed by atoms with E-state index in [1.165, 1.54) is 11.8 Å². The third-order valence-electron chi connectivity index (χ3n) is 5.55. The van der Waals surface area contributed by atoms with Crippen LogP contribution in [0.2, 0.25) is 0 Å². The van der Waals surface area contributed by atoms with Gasteiger partial charge in [-0.05, 0) is 60.9 Å². The van der Waals surface area contributed by atoms with E-state index in [2.05, 4.69) is 15.6 Å². The molecule has 2 N–H and O–H groups in total. The first kappa shape index (κ1) is 25.2. The summed E-state index contributed by atoms with van der Waals surface area (Å²) in [7, 11) is 0. The SMILES string of the molecule is CCCNC(=O)c1ccc(Cn2c(SCC(=O)Nc3cccc(C)c3)nc3ccccc3c2=O)cc1. The number of rotatable bonds is 9. The molecule has 0 fully saturated rings. The van der Waals surface area contributed by atoms with Gasteiger partial charge in [-0.3, -0.25) is 19.0 Å². The van der Waals surface area contributed by atoms with Crippen LogP contribution in [0.15, 0.2) is 82.7 Å². The first-order chi connectivity index (χ1) is 17.4. The van der Waals surface area contributed by atoms with Crippen LogP contribution in [0.5, 0.6) is 0 Å². The summed E-state index contributed by atoms with van der Waals surface area (Å²) in [5.74, 6) is -0.194. The summed E-state index contributed by atoms with van der Waals surface area (Å²) in [6, 6.07) is 22.0. The fraction of sp³-hybridized carbons (Fsp3) is 0.214. The van der Waals surface area contributed by atoms with Crippen LogP contribution < -0.4 is 16.2 Å². The van der Waals surface area contributed by atoms with Crippen LogP contribution in [0.3, 0.4) is 0 Å². The van der Waals surface area contributed by atoms with Crippen LogP contribution in [-0.4, -0.2) is 33.7 Å². The van der Waals surface area contributed by atoms with Gasteiger partial charge < -0.3 is 10.6 Å². The third kappa shape index (κ3) is 6.20. The van der Waals surface area contributed by atoms with E-state index in [4.69, 9.17) is 0 Å². The fourth-order valence-electron chi connectivity index (χ4n) is 3.73. The lowest BCUT2D eigenvalue weighted by Crippen LogP contribution is -2.25. The van der Waals surface area contributed by atoms with E-state index in [1.54, 1.807) is 28.8 Å². The predicted molar refractivity (Wildman–Crippen MR) is 145 cm³/mol. The van der Waals surface area contributed by atoms with Crippen molar-refractivity contribution in [3.63, 3.8) is 0 Å². The van der Waals surface area contributed by atoms with Gasteiger partial charge in [-0.25, -0.2) is 4.98 Å². The molecule has 0 saturated heterocycles. The molecule has 0 saturated carbocycles. The Kier molecular flexibility index (Phi) is 8.17. The topological polar surface area (TPSA) is 93.1 Å². The minimum atomic E-state index is -0.179. The highest BCUT2D eigenvalue weighted by atomic mass is 32.2. The summed E-state index contributed by atoms with van der Waals surface area (Å²) < 4.78 is 1.58. The van der Waals surface area contributed by atoms with Gasteiger partial charge >= 0.3 is 0 Å². The Morgan fingerprint density at radius 3 is 2.53 bits per heavy atom. The second-order valence-electron chi connectivity index (χ2n) is 8.46. The maximum absolute atomic E-state index is 13.4. The average molecular weight is 501 g/mol. The number of hydrogen-bond donors (Lipinski definition) is 2. The number of hydrogen-bond acceptors (Lipinski definition) is 5. The standard InChI is InChI=1S/C28H28N4O3S/c1-3-15-29-26(34)21-13-11-20(12-14-21)17-32-27(35)23-9-4-5-10-24(23)31-28(32)36-18-25(33)30-22-8-6-7-19(2)16-22/h4-14,16H,3,15,17-18H2,1-2H3,(H,29,34)(H,30,33). The number of carbonyl (C=O) groups excluding carboxylic acids is 2. The number of benzene rings is 3. The maximum Gasteiger partial charge on any atom is 0.262 e. The van der Waals surface area contributed by atoms with Gasteiger partial charge in [-0.2, -0.15) is 0 Å². The van der Waals surface area contributed by atoms with E-state index in [0.29, 0.717) is 28.2 Å². The van der Waals surface area contributed by atoms with Crippen molar-refractivity contribution in [2.75, 3.05) is 17.6 Å². The highest BCUT2D eigenvalue weighted by Gasteiger charge is 2.14. The molecule has 0 aliphatic rings. The molecule has 8 heteroatoms. The van der Waals surface area contributed by atoms with Gasteiger partial charge in [0.1, 0.15) is 0 Å². The zero-order chi connectivity index (χ0) is 25.5. The predicted octanol–water partition coefficient (Wildman–Crippen LogP) is 4.62. The van der Waals surface area contributed by atoms with Gasteiger partial charge in [0.2, 0.25) is 5.91 Å². The summed E-state index contributed by atoms with van der Waals surface area (Å²) in [6.07, 6.45) is 0.866. The van der Waals surface area contributed by atoms with Crippen LogP contribution in [-0.2, 0) is 11.3 Å². The highest BCUT2D eigenvalue weighted by Crippen LogP contribution is 2.20. The molecule has 0 unspecified atom stereocenters. The van der Waals surface area contributed by atoms with Crippen molar-refractivity contribution >= 4 is 40.2 Å². The Bertz CT molecular complexity index is 1450. The number of amides is 2. The Hall–Kier alpha value is -3.91. The lowest BCUT2D eigenvalue weighted by Gasteiger charge is -2.14. The van der Waals surface area contributed by atoms with Crippen LogP contribution in [0, 0.1) is 6.92 Å². The normalized spacial score (nSPS) is 10.8. The van der Waals surface area contributed by atoms with Gasteiger partial charge in [-0.1, -0.05) is 55.1 Å². The van der Waals surface area contributed by atoms with Crippen LogP contribution in [0.4, 0.5) is 5.69 Å². The fourth-order valence-corrected chi connectivity index (χ4v) is 4.53. The number of thioether (sulfide) groups is 1. The third-order valence-corrected chi connectivity index (χ3v) is 6.53. The molecule has 2 amide bonds. The van der Waals surface area contributed by atoms with E-state index >= 15 is 0 Å². The average Bonchev–Trinajstić information content (AvgIpc) is 2.88. The molecule has 4 rings (SSSR count). The van der Waals surface area contributed by atoms with E-state index in [0.717, 1.165) is 23.2 Å². The van der Waals surface area contributed by atoms with Gasteiger partial charge in [0, 0.05) is 17.8 Å². The van der Waals surface area contributed by atoms with Crippen molar-refractivity contribution in [2.24, 2.45) is 0 Å². The number of nitrogens with one attached hydrogen (secondary N) is 2. The molecule has 184 valence electrons. The molecular weight excluding hydrogens is 472 g/mol. The molecule has 36 heavy (non-hydrogen) atoms. The number of fused-ring (bicyclic) bond motifs is 1. The highest BCUT2D eigenvalue weighted by molar-refractivity contribution is 7.99. The molecule has 0 aliphatic heterocycles. The van der Waals surface area contributed by atoms with Crippen molar-refractivity contribution < 1.29 is 9.59 Å². The number of carbonyl (C=O) groups is 2. The Morgan fingerprint density at radius 2 is 1.78 bits per heavy atom. The van der Waals surface area contributed by atoms with Crippen LogP contribution >= 0.6 is 11.8 Å². The zero-order valence-electron chi connectivity index (χ0n) is 20.3. The monoisotopic (exact) mass is 500 g/mol. The quantitative estimate of drug-likeness (QED) is 0.258. The van der Waals surface area contributed by atoms with Crippen molar-refractivity contribution in [3.05, 3.63) is 99.8 Å². The largest absolute Gasteiger partial charge is 0.352 e. The minimum absolute atomic E-state index is 0.106. The zero-order valence-corrected chi connectivity index (χ0v) is 21.1. The minimum Gasteiger partial charge on any atom is -0.352 e. The van der Waals surface area contributed by atoms with Crippen LogP contribution in [0.1, 0.15) is 34.8 Å². The first-order valence-corrected chi connectivity index (χ1v) is 12.8. The molecule has 0 atom stereocenters. The van der Waals surface area contributed by atoms with Crippen molar-refractivity contribution in [3.8, 4) is 0 Å². The second-order valence-corrected chi connectivity index (χ2v) is 9.40. The second kappa shape index (κ2) is 11.7. The summed E-state index contributed by atoms with van der Waals surface area (Å²) in [5.41, 5.74) is 3.62. The molecule has 0 spiro atoms. The molecule has 0 bridgehead atoms. The Morgan fingerprint density at radius 1 is 1.00 bits per heavy atom. The summed E-state index contributed by atoms with van der Waals surface area (Å²) in [6.45, 7) is 4.86. The van der Waals surface area contributed by atoms with Gasteiger partial charge in [-0.15, -0.1) is 0 Å². The molecule has 1 heterocycles. The molecule has 7 nitrogen and oxygen atoms in total. The summed E-state index contributed by atoms with van der Waals surface area (Å²) in [4.78, 5) is 42.9. The summed E-state index contributed by atoms with van der Waals surface area (Å²) >= 11 is 1.22. The van der Waals surface area contributed by atoms with E-state index in [1.807, 2.05) is 62.4 Å². The van der Waals surface area contributed by atoms with Crippen molar-refractivity contribution in [1.29, 1.82) is 0 Å². The van der Waals surface area contributed by atoms with Gasteiger partial charge in [0.25, 0.3) is 11.5 Å². The van der Waals surface area contributed by atoms with Gasteiger partial charge in [0.05, 0.1) is 23.2 Å². The number of nitrogens with zero attached hydrogens (tertiary/aromatic N) is 2. The number of para-hydroxylation sites is 1. The lowest BCUT2D eigenvalue weighted by molar-refractivity contribution is -0.113. The Balaban J connectivity index is 1.56. The molecule has 1 aromatic heterocycles. The number of aromatic nitrogens is 2. The van der Waals surface area contributed by atoms with Gasteiger partial charge in [0.15, 0.2) is 5.16 Å². The molecule has 0 aliphatic carbocycles. The van der Waals surface area contributed by atoms with Crippen molar-refractivity contribution in [1.82, 2.24) is 14.9 Å². The Labute approximate surface area is 214 Å². The number of anilines is 1. The molecule has 4 aromatic rings. The van der Waals surface area contributed by atoms with Crippen LogP contribution in [0.25, 0.3) is 10.9 Å². The smallest absolute Gasteiger partial charge is 0.262 e. The molecular formula is C28H28N4O3S. The van der Waals surface area contributed by atoms with E-state index < -0.39 is 0 Å². The lowest BCUT2D eigenvalue weighted by atomic mass is 10.1. The van der Waals surface area contributed by atoms with E-state index in [9.17, 15) is 14.4 Å².